The van der Waals surface area contributed by atoms with Crippen molar-refractivity contribution in [3.63, 3.8) is 0 Å². The third kappa shape index (κ3) is 2.02. The summed E-state index contributed by atoms with van der Waals surface area (Å²) >= 11 is 0. The molecular weight excluding hydrogens is 166 g/mol. The van der Waals surface area contributed by atoms with Crippen molar-refractivity contribution < 1.29 is 9.90 Å². The largest absolute Gasteiger partial charge is 0.480 e. The molecular formula is C10H19NO2. The summed E-state index contributed by atoms with van der Waals surface area (Å²) in [7, 11) is 0. The lowest BCUT2D eigenvalue weighted by atomic mass is 9.94. The lowest BCUT2D eigenvalue weighted by Gasteiger charge is -2.39. The molecule has 3 nitrogen and oxygen atoms in total. The Morgan fingerprint density at radius 3 is 2.31 bits per heavy atom. The van der Waals surface area contributed by atoms with Crippen LogP contribution in [0.4, 0.5) is 0 Å². The molecule has 1 saturated heterocycles. The standard InChI is InChI=1S/C10H19NO2/c1-3-10(2,9(12)13)11-7-5-4-6-8-11/h3-8H2,1-2H3,(H,12,13)/t10-/m1/s1. The SMILES string of the molecule is CC[C@](C)(C(=O)O)N1CCCCC1. The number of carboxylic acid groups (broad SMARTS) is 1. The van der Waals surface area contributed by atoms with E-state index in [1.165, 1.54) is 6.42 Å². The van der Waals surface area contributed by atoms with Gasteiger partial charge in [0, 0.05) is 0 Å². The summed E-state index contributed by atoms with van der Waals surface area (Å²) in [6, 6.07) is 0. The molecule has 0 aromatic rings. The Balaban J connectivity index is 2.68. The van der Waals surface area contributed by atoms with Gasteiger partial charge in [0.15, 0.2) is 0 Å². The van der Waals surface area contributed by atoms with E-state index >= 15 is 0 Å². The Morgan fingerprint density at radius 2 is 1.92 bits per heavy atom. The van der Waals surface area contributed by atoms with E-state index in [4.69, 9.17) is 5.11 Å². The number of nitrogens with zero attached hydrogens (tertiary/aromatic N) is 1. The van der Waals surface area contributed by atoms with E-state index in [1.54, 1.807) is 0 Å². The molecule has 13 heavy (non-hydrogen) atoms. The fourth-order valence-electron chi connectivity index (χ4n) is 1.90. The molecule has 0 amide bonds. The third-order valence-corrected chi connectivity index (χ3v) is 3.20. The minimum absolute atomic E-state index is 0.638. The smallest absolute Gasteiger partial charge is 0.323 e. The first-order valence-corrected chi connectivity index (χ1v) is 5.09. The number of carbonyl (C=O) groups is 1. The zero-order valence-corrected chi connectivity index (χ0v) is 8.55. The van der Waals surface area contributed by atoms with Crippen LogP contribution >= 0.6 is 0 Å². The van der Waals surface area contributed by atoms with Crippen LogP contribution in [0.1, 0.15) is 39.5 Å². The Labute approximate surface area is 79.7 Å². The minimum atomic E-state index is -0.683. The van der Waals surface area contributed by atoms with Crippen LogP contribution < -0.4 is 0 Å². The minimum Gasteiger partial charge on any atom is -0.480 e. The van der Waals surface area contributed by atoms with Gasteiger partial charge < -0.3 is 5.11 Å². The molecule has 1 aliphatic rings. The fourth-order valence-corrected chi connectivity index (χ4v) is 1.90. The monoisotopic (exact) mass is 185 g/mol. The van der Waals surface area contributed by atoms with Gasteiger partial charge in [0.25, 0.3) is 0 Å². The second kappa shape index (κ2) is 4.09. The van der Waals surface area contributed by atoms with Crippen molar-refractivity contribution in [2.45, 2.75) is 45.1 Å². The molecule has 0 aliphatic carbocycles. The Hall–Kier alpha value is -0.570. The van der Waals surface area contributed by atoms with Gasteiger partial charge in [-0.15, -0.1) is 0 Å². The summed E-state index contributed by atoms with van der Waals surface area (Å²) in [6.07, 6.45) is 4.21. The predicted octanol–water partition coefficient (Wildman–Crippen LogP) is 1.73. The van der Waals surface area contributed by atoms with Crippen LogP contribution in [-0.4, -0.2) is 34.6 Å². The summed E-state index contributed by atoms with van der Waals surface area (Å²) in [5, 5.41) is 9.14. The number of piperidine rings is 1. The quantitative estimate of drug-likeness (QED) is 0.728. The Bertz CT molecular complexity index is 187. The summed E-state index contributed by atoms with van der Waals surface area (Å²) in [5.41, 5.74) is -0.638. The molecule has 3 heteroatoms. The molecule has 0 aromatic carbocycles. The third-order valence-electron chi connectivity index (χ3n) is 3.20. The molecule has 1 atom stereocenters. The van der Waals surface area contributed by atoms with Gasteiger partial charge in [-0.05, 0) is 39.3 Å². The summed E-state index contributed by atoms with van der Waals surface area (Å²) in [5.74, 6) is -0.683. The van der Waals surface area contributed by atoms with E-state index in [-0.39, 0.29) is 0 Å². The zero-order valence-electron chi connectivity index (χ0n) is 8.55. The molecule has 0 aromatic heterocycles. The van der Waals surface area contributed by atoms with Crippen molar-refractivity contribution in [1.29, 1.82) is 0 Å². The highest BCUT2D eigenvalue weighted by atomic mass is 16.4. The highest BCUT2D eigenvalue weighted by molar-refractivity contribution is 5.78. The maximum atomic E-state index is 11.1. The highest BCUT2D eigenvalue weighted by Crippen LogP contribution is 2.23. The first-order valence-electron chi connectivity index (χ1n) is 5.09. The molecule has 76 valence electrons. The average Bonchev–Trinajstić information content (AvgIpc) is 2.17. The normalized spacial score (nSPS) is 23.8. The maximum Gasteiger partial charge on any atom is 0.323 e. The van der Waals surface area contributed by atoms with E-state index in [9.17, 15) is 4.79 Å². The second-order valence-corrected chi connectivity index (χ2v) is 3.98. The molecule has 0 bridgehead atoms. The van der Waals surface area contributed by atoms with Gasteiger partial charge >= 0.3 is 5.97 Å². The van der Waals surface area contributed by atoms with Gasteiger partial charge in [-0.3, -0.25) is 9.69 Å². The van der Waals surface area contributed by atoms with Crippen LogP contribution in [0, 0.1) is 0 Å². The average molecular weight is 185 g/mol. The number of aliphatic carboxylic acids is 1. The van der Waals surface area contributed by atoms with E-state index in [0.717, 1.165) is 25.9 Å². The van der Waals surface area contributed by atoms with Crippen LogP contribution in [0.2, 0.25) is 0 Å². The van der Waals surface area contributed by atoms with Crippen molar-refractivity contribution in [2.24, 2.45) is 0 Å². The predicted molar refractivity (Wildman–Crippen MR) is 51.8 cm³/mol. The van der Waals surface area contributed by atoms with Crippen LogP contribution in [0.15, 0.2) is 0 Å². The maximum absolute atomic E-state index is 11.1. The molecule has 0 unspecified atom stereocenters. The molecule has 1 aliphatic heterocycles. The van der Waals surface area contributed by atoms with Crippen molar-refractivity contribution in [2.75, 3.05) is 13.1 Å². The highest BCUT2D eigenvalue weighted by Gasteiger charge is 2.37. The lowest BCUT2D eigenvalue weighted by molar-refractivity contribution is -0.151. The number of carboxylic acids is 1. The van der Waals surface area contributed by atoms with Crippen LogP contribution in [-0.2, 0) is 4.79 Å². The second-order valence-electron chi connectivity index (χ2n) is 3.98. The van der Waals surface area contributed by atoms with Crippen molar-refractivity contribution in [1.82, 2.24) is 4.90 Å². The van der Waals surface area contributed by atoms with E-state index in [1.807, 2.05) is 13.8 Å². The molecule has 0 saturated carbocycles. The van der Waals surface area contributed by atoms with Gasteiger partial charge in [-0.25, -0.2) is 0 Å². The van der Waals surface area contributed by atoms with Gasteiger partial charge in [0.1, 0.15) is 5.54 Å². The molecule has 1 heterocycles. The van der Waals surface area contributed by atoms with Gasteiger partial charge in [0.05, 0.1) is 0 Å². The number of rotatable bonds is 3. The van der Waals surface area contributed by atoms with Crippen molar-refractivity contribution in [3.05, 3.63) is 0 Å². The van der Waals surface area contributed by atoms with Gasteiger partial charge in [-0.1, -0.05) is 13.3 Å². The van der Waals surface area contributed by atoms with Crippen molar-refractivity contribution >= 4 is 5.97 Å². The first-order chi connectivity index (χ1) is 6.11. The van der Waals surface area contributed by atoms with Gasteiger partial charge in [0.2, 0.25) is 0 Å². The molecule has 0 spiro atoms. The summed E-state index contributed by atoms with van der Waals surface area (Å²) < 4.78 is 0. The van der Waals surface area contributed by atoms with Crippen LogP contribution in [0.5, 0.6) is 0 Å². The topological polar surface area (TPSA) is 40.5 Å². The number of hydrogen-bond donors (Lipinski definition) is 1. The number of likely N-dealkylation sites (tertiary alicyclic amines) is 1. The van der Waals surface area contributed by atoms with E-state index < -0.39 is 11.5 Å². The Morgan fingerprint density at radius 1 is 1.38 bits per heavy atom. The van der Waals surface area contributed by atoms with Gasteiger partial charge in [-0.2, -0.15) is 0 Å². The fraction of sp³-hybridized carbons (Fsp3) is 0.900. The van der Waals surface area contributed by atoms with E-state index in [2.05, 4.69) is 4.90 Å². The molecule has 0 radical (unpaired) electrons. The molecule has 1 rings (SSSR count). The lowest BCUT2D eigenvalue weighted by Crippen LogP contribution is -2.53. The van der Waals surface area contributed by atoms with Crippen LogP contribution in [0.25, 0.3) is 0 Å². The van der Waals surface area contributed by atoms with Crippen molar-refractivity contribution in [3.8, 4) is 0 Å². The van der Waals surface area contributed by atoms with E-state index in [0.29, 0.717) is 6.42 Å². The number of hydrogen-bond acceptors (Lipinski definition) is 2. The van der Waals surface area contributed by atoms with Crippen LogP contribution in [0.3, 0.4) is 0 Å². The summed E-state index contributed by atoms with van der Waals surface area (Å²) in [4.78, 5) is 13.2. The molecule has 1 fully saturated rings. The Kier molecular flexibility index (Phi) is 3.31. The first kappa shape index (κ1) is 10.5. The summed E-state index contributed by atoms with van der Waals surface area (Å²) in [6.45, 7) is 5.66. The molecule has 1 N–H and O–H groups in total. The zero-order chi connectivity index (χ0) is 9.90.